The molecular weight excluding hydrogens is 334 g/mol. The SMILES string of the molecule is OCC1Cc2c(c(Br)cc3c(-c4ccccc4)noc23)O1. The summed E-state index contributed by atoms with van der Waals surface area (Å²) in [5.74, 6) is 0.748. The van der Waals surface area contributed by atoms with Crippen molar-refractivity contribution < 1.29 is 14.4 Å². The average Bonchev–Trinajstić information content (AvgIpc) is 3.12. The third kappa shape index (κ3) is 1.96. The molecule has 21 heavy (non-hydrogen) atoms. The number of aliphatic hydroxyl groups is 1. The van der Waals surface area contributed by atoms with E-state index in [1.54, 1.807) is 0 Å². The average molecular weight is 346 g/mol. The molecule has 1 atom stereocenters. The molecule has 0 radical (unpaired) electrons. The lowest BCUT2D eigenvalue weighted by atomic mass is 10.0. The molecule has 1 aliphatic rings. The van der Waals surface area contributed by atoms with Gasteiger partial charge in [0.25, 0.3) is 0 Å². The molecule has 0 amide bonds. The van der Waals surface area contributed by atoms with Crippen molar-refractivity contribution in [3.05, 3.63) is 46.4 Å². The molecule has 0 spiro atoms. The number of hydrogen-bond donors (Lipinski definition) is 1. The van der Waals surface area contributed by atoms with Gasteiger partial charge in [0.1, 0.15) is 17.5 Å². The fourth-order valence-electron chi connectivity index (χ4n) is 2.74. The van der Waals surface area contributed by atoms with Gasteiger partial charge in [0.2, 0.25) is 0 Å². The Kier molecular flexibility index (Phi) is 2.97. The zero-order chi connectivity index (χ0) is 14.4. The Morgan fingerprint density at radius 2 is 2.10 bits per heavy atom. The number of fused-ring (bicyclic) bond motifs is 3. The normalized spacial score (nSPS) is 17.0. The van der Waals surface area contributed by atoms with Crippen molar-refractivity contribution in [2.24, 2.45) is 0 Å². The monoisotopic (exact) mass is 345 g/mol. The van der Waals surface area contributed by atoms with Gasteiger partial charge in [-0.15, -0.1) is 0 Å². The largest absolute Gasteiger partial charge is 0.486 e. The maximum atomic E-state index is 9.30. The van der Waals surface area contributed by atoms with Crippen LogP contribution in [-0.2, 0) is 6.42 Å². The van der Waals surface area contributed by atoms with Crippen molar-refractivity contribution in [2.45, 2.75) is 12.5 Å². The Bertz CT molecular complexity index is 813. The fraction of sp³-hybridized carbons (Fsp3) is 0.188. The van der Waals surface area contributed by atoms with Crippen molar-refractivity contribution in [3.8, 4) is 17.0 Å². The van der Waals surface area contributed by atoms with Gasteiger partial charge < -0.3 is 14.4 Å². The second kappa shape index (κ2) is 4.86. The summed E-state index contributed by atoms with van der Waals surface area (Å²) in [7, 11) is 0. The van der Waals surface area contributed by atoms with E-state index in [4.69, 9.17) is 9.26 Å². The number of halogens is 1. The van der Waals surface area contributed by atoms with Gasteiger partial charge in [0.15, 0.2) is 5.58 Å². The number of benzene rings is 2. The first-order chi connectivity index (χ1) is 10.3. The van der Waals surface area contributed by atoms with Crippen molar-refractivity contribution >= 4 is 26.9 Å². The summed E-state index contributed by atoms with van der Waals surface area (Å²) >= 11 is 3.54. The first kappa shape index (κ1) is 12.9. The number of hydrogen-bond acceptors (Lipinski definition) is 4. The van der Waals surface area contributed by atoms with Gasteiger partial charge in [-0.1, -0.05) is 35.5 Å². The van der Waals surface area contributed by atoms with Crippen LogP contribution in [0, 0.1) is 0 Å². The van der Waals surface area contributed by atoms with Gasteiger partial charge in [-0.05, 0) is 22.0 Å². The Labute approximate surface area is 129 Å². The first-order valence-corrected chi connectivity index (χ1v) is 7.51. The van der Waals surface area contributed by atoms with E-state index in [9.17, 15) is 5.11 Å². The van der Waals surface area contributed by atoms with E-state index in [0.717, 1.165) is 38.0 Å². The van der Waals surface area contributed by atoms with Crippen LogP contribution in [-0.4, -0.2) is 23.0 Å². The summed E-state index contributed by atoms with van der Waals surface area (Å²) in [4.78, 5) is 0. The molecule has 3 aromatic rings. The zero-order valence-electron chi connectivity index (χ0n) is 11.0. The molecule has 1 aromatic heterocycles. The summed E-state index contributed by atoms with van der Waals surface area (Å²) in [5, 5.41) is 14.5. The van der Waals surface area contributed by atoms with Crippen LogP contribution in [0.15, 0.2) is 45.4 Å². The highest BCUT2D eigenvalue weighted by Gasteiger charge is 2.29. The highest BCUT2D eigenvalue weighted by molar-refractivity contribution is 9.10. The van der Waals surface area contributed by atoms with Crippen molar-refractivity contribution in [2.75, 3.05) is 6.61 Å². The van der Waals surface area contributed by atoms with Crippen LogP contribution in [0.3, 0.4) is 0 Å². The Balaban J connectivity index is 1.94. The molecule has 1 unspecified atom stereocenters. The number of nitrogens with zero attached hydrogens (tertiary/aromatic N) is 1. The first-order valence-electron chi connectivity index (χ1n) is 6.71. The third-order valence-electron chi connectivity index (χ3n) is 3.73. The topological polar surface area (TPSA) is 55.5 Å². The van der Waals surface area contributed by atoms with Crippen LogP contribution in [0.1, 0.15) is 5.56 Å². The molecule has 0 aliphatic carbocycles. The van der Waals surface area contributed by atoms with Gasteiger partial charge >= 0.3 is 0 Å². The molecule has 2 heterocycles. The summed E-state index contributed by atoms with van der Waals surface area (Å²) in [6, 6.07) is 11.9. The lowest BCUT2D eigenvalue weighted by molar-refractivity contribution is 0.134. The summed E-state index contributed by atoms with van der Waals surface area (Å²) < 4.78 is 12.1. The van der Waals surface area contributed by atoms with Crippen LogP contribution in [0.4, 0.5) is 0 Å². The number of aliphatic hydroxyl groups excluding tert-OH is 1. The van der Waals surface area contributed by atoms with Gasteiger partial charge in [0, 0.05) is 17.5 Å². The minimum atomic E-state index is -0.216. The molecule has 4 rings (SSSR count). The van der Waals surface area contributed by atoms with Gasteiger partial charge in [-0.2, -0.15) is 0 Å². The highest BCUT2D eigenvalue weighted by atomic mass is 79.9. The molecule has 1 aliphatic heterocycles. The van der Waals surface area contributed by atoms with E-state index in [1.165, 1.54) is 0 Å². The van der Waals surface area contributed by atoms with E-state index in [-0.39, 0.29) is 12.7 Å². The molecule has 106 valence electrons. The molecular formula is C16H12BrNO3. The molecule has 0 saturated heterocycles. The van der Waals surface area contributed by atoms with Crippen LogP contribution in [0.5, 0.6) is 5.75 Å². The van der Waals surface area contributed by atoms with Gasteiger partial charge in [0.05, 0.1) is 16.5 Å². The maximum Gasteiger partial charge on any atom is 0.174 e. The molecule has 1 N–H and O–H groups in total. The van der Waals surface area contributed by atoms with E-state index in [2.05, 4.69) is 21.1 Å². The standard InChI is InChI=1S/C16H12BrNO3/c17-13-7-11-14(9-4-2-1-3-5-9)18-21-15(11)12-6-10(8-19)20-16(12)13/h1-5,7,10,19H,6,8H2. The number of rotatable bonds is 2. The van der Waals surface area contributed by atoms with Gasteiger partial charge in [-0.25, -0.2) is 0 Å². The molecule has 0 bridgehead atoms. The molecule has 4 nitrogen and oxygen atoms in total. The van der Waals surface area contributed by atoms with Crippen LogP contribution in [0.25, 0.3) is 22.2 Å². The Morgan fingerprint density at radius 1 is 1.29 bits per heavy atom. The van der Waals surface area contributed by atoms with Crippen molar-refractivity contribution in [3.63, 3.8) is 0 Å². The smallest absolute Gasteiger partial charge is 0.174 e. The van der Waals surface area contributed by atoms with E-state index in [0.29, 0.717) is 6.42 Å². The lowest BCUT2D eigenvalue weighted by Crippen LogP contribution is -2.17. The van der Waals surface area contributed by atoms with Crippen LogP contribution in [0.2, 0.25) is 0 Å². The fourth-order valence-corrected chi connectivity index (χ4v) is 3.30. The van der Waals surface area contributed by atoms with Crippen molar-refractivity contribution in [1.82, 2.24) is 5.16 Å². The maximum absolute atomic E-state index is 9.30. The quantitative estimate of drug-likeness (QED) is 0.771. The lowest BCUT2D eigenvalue weighted by Gasteiger charge is -2.06. The Hall–Kier alpha value is -1.85. The predicted molar refractivity (Wildman–Crippen MR) is 82.4 cm³/mol. The summed E-state index contributed by atoms with van der Waals surface area (Å²) in [6.07, 6.45) is 0.415. The van der Waals surface area contributed by atoms with E-state index < -0.39 is 0 Å². The molecule has 5 heteroatoms. The van der Waals surface area contributed by atoms with E-state index >= 15 is 0 Å². The molecule has 2 aromatic carbocycles. The zero-order valence-corrected chi connectivity index (χ0v) is 12.6. The minimum Gasteiger partial charge on any atom is -0.486 e. The van der Waals surface area contributed by atoms with Crippen LogP contribution < -0.4 is 4.74 Å². The minimum absolute atomic E-state index is 0.0116. The summed E-state index contributed by atoms with van der Waals surface area (Å²) in [5.41, 5.74) is 3.54. The second-order valence-corrected chi connectivity index (χ2v) is 5.92. The third-order valence-corrected chi connectivity index (χ3v) is 4.32. The number of aromatic nitrogens is 1. The highest BCUT2D eigenvalue weighted by Crippen LogP contribution is 2.43. The predicted octanol–water partition coefficient (Wildman–Crippen LogP) is 3.55. The second-order valence-electron chi connectivity index (χ2n) is 5.07. The van der Waals surface area contributed by atoms with Crippen LogP contribution >= 0.6 is 15.9 Å². The van der Waals surface area contributed by atoms with E-state index in [1.807, 2.05) is 36.4 Å². The summed E-state index contributed by atoms with van der Waals surface area (Å²) in [6.45, 7) is -0.0116. The molecule has 0 fully saturated rings. The van der Waals surface area contributed by atoms with Crippen molar-refractivity contribution in [1.29, 1.82) is 0 Å². The number of ether oxygens (including phenoxy) is 1. The molecule has 0 saturated carbocycles. The van der Waals surface area contributed by atoms with Gasteiger partial charge in [-0.3, -0.25) is 0 Å². The Morgan fingerprint density at radius 3 is 2.86 bits per heavy atom.